The third-order valence-corrected chi connectivity index (χ3v) is 12.4. The van der Waals surface area contributed by atoms with E-state index in [0.717, 1.165) is 63.6 Å². The van der Waals surface area contributed by atoms with Crippen molar-refractivity contribution < 1.29 is 0 Å². The predicted molar refractivity (Wildman–Crippen MR) is 259 cm³/mol. The summed E-state index contributed by atoms with van der Waals surface area (Å²) in [6, 6.07) is 72.0. The van der Waals surface area contributed by atoms with Crippen LogP contribution in [-0.2, 0) is 0 Å². The van der Waals surface area contributed by atoms with Gasteiger partial charge in [0.15, 0.2) is 5.82 Å². The molecular formula is C58H40N4. The van der Waals surface area contributed by atoms with Crippen LogP contribution in [0.5, 0.6) is 0 Å². The number of benzene rings is 8. The second-order valence-corrected chi connectivity index (χ2v) is 16.1. The van der Waals surface area contributed by atoms with Crippen molar-refractivity contribution in [1.29, 1.82) is 0 Å². The summed E-state index contributed by atoms with van der Waals surface area (Å²) in [5, 5.41) is 4.95. The summed E-state index contributed by atoms with van der Waals surface area (Å²) >= 11 is 0. The zero-order valence-corrected chi connectivity index (χ0v) is 34.0. The Balaban J connectivity index is 0.953. The molecule has 0 saturated heterocycles. The maximum Gasteiger partial charge on any atom is 0.160 e. The van der Waals surface area contributed by atoms with Gasteiger partial charge in [0.25, 0.3) is 0 Å². The Labute approximate surface area is 360 Å². The van der Waals surface area contributed by atoms with Crippen LogP contribution < -0.4 is 0 Å². The molecule has 0 unspecified atom stereocenters. The maximum atomic E-state index is 5.20. The topological polar surface area (TPSA) is 35.6 Å². The standard InChI is InChI=1S/C58H40N4/c1-4-16-40(17-5-1)51-38-52(41-18-6-2-7-19-41)60-58(59-51)44-21-14-20-43(36-44)47-26-15-29-55-57(47)50-25-11-13-28-54(50)61(55)46-33-30-39(31-34-46)42-32-35-49-48-24-10-12-27-53(48)62(56(49)37-42)45-22-8-3-9-23-45/h1-6,8-18,20-38H,7,19H2. The van der Waals surface area contributed by atoms with E-state index >= 15 is 0 Å². The van der Waals surface area contributed by atoms with Crippen molar-refractivity contribution in [2.45, 2.75) is 12.8 Å². The van der Waals surface area contributed by atoms with Crippen LogP contribution in [0.15, 0.2) is 218 Å². The highest BCUT2D eigenvalue weighted by atomic mass is 15.0. The number of hydrogen-bond acceptors (Lipinski definition) is 2. The van der Waals surface area contributed by atoms with E-state index in [9.17, 15) is 0 Å². The molecule has 1 aliphatic carbocycles. The van der Waals surface area contributed by atoms with Crippen LogP contribution in [0.1, 0.15) is 18.5 Å². The number of hydrogen-bond donors (Lipinski definition) is 0. The van der Waals surface area contributed by atoms with Crippen molar-refractivity contribution in [1.82, 2.24) is 19.1 Å². The summed E-state index contributed by atoms with van der Waals surface area (Å²) in [7, 11) is 0. The fourth-order valence-corrected chi connectivity index (χ4v) is 9.49. The van der Waals surface area contributed by atoms with Gasteiger partial charge in [-0.25, -0.2) is 9.97 Å². The maximum absolute atomic E-state index is 5.20. The molecule has 11 aromatic rings. The van der Waals surface area contributed by atoms with E-state index in [1.54, 1.807) is 0 Å². The smallest absolute Gasteiger partial charge is 0.160 e. The van der Waals surface area contributed by atoms with Crippen LogP contribution in [-0.4, -0.2) is 19.1 Å². The first-order valence-electron chi connectivity index (χ1n) is 21.4. The number of allylic oxidation sites excluding steroid dienone is 4. The molecule has 0 N–H and O–H groups in total. The first-order valence-corrected chi connectivity index (χ1v) is 21.4. The van der Waals surface area contributed by atoms with E-state index in [1.165, 1.54) is 60.4 Å². The second kappa shape index (κ2) is 14.9. The van der Waals surface area contributed by atoms with E-state index in [1.807, 2.05) is 6.07 Å². The van der Waals surface area contributed by atoms with Crippen LogP contribution in [0.25, 0.3) is 105 Å². The van der Waals surface area contributed by atoms with Crippen molar-refractivity contribution in [3.05, 3.63) is 224 Å². The minimum atomic E-state index is 0.731. The van der Waals surface area contributed by atoms with Gasteiger partial charge in [-0.05, 0) is 101 Å². The van der Waals surface area contributed by atoms with Gasteiger partial charge in [0.1, 0.15) is 0 Å². The van der Waals surface area contributed by atoms with Crippen molar-refractivity contribution >= 4 is 49.2 Å². The lowest BCUT2D eigenvalue weighted by molar-refractivity contribution is 1.03. The Kier molecular flexibility index (Phi) is 8.60. The van der Waals surface area contributed by atoms with E-state index in [0.29, 0.717) is 0 Å². The monoisotopic (exact) mass is 792 g/mol. The van der Waals surface area contributed by atoms with Gasteiger partial charge in [0.2, 0.25) is 0 Å². The van der Waals surface area contributed by atoms with Gasteiger partial charge in [-0.3, -0.25) is 0 Å². The van der Waals surface area contributed by atoms with Crippen molar-refractivity contribution in [3.8, 4) is 56.3 Å². The molecule has 0 fully saturated rings. The highest BCUT2D eigenvalue weighted by Gasteiger charge is 2.19. The summed E-state index contributed by atoms with van der Waals surface area (Å²) in [6.07, 6.45) is 8.53. The zero-order chi connectivity index (χ0) is 41.0. The lowest BCUT2D eigenvalue weighted by Crippen LogP contribution is -1.99. The molecule has 4 nitrogen and oxygen atoms in total. The third kappa shape index (κ3) is 6.07. The molecule has 0 amide bonds. The van der Waals surface area contributed by atoms with Crippen molar-refractivity contribution in [2.24, 2.45) is 0 Å². The van der Waals surface area contributed by atoms with Gasteiger partial charge in [-0.2, -0.15) is 0 Å². The summed E-state index contributed by atoms with van der Waals surface area (Å²) in [4.78, 5) is 10.4. The Bertz CT molecular complexity index is 3550. The first kappa shape index (κ1) is 35.8. The largest absolute Gasteiger partial charge is 0.309 e. The van der Waals surface area contributed by atoms with Gasteiger partial charge >= 0.3 is 0 Å². The van der Waals surface area contributed by atoms with Gasteiger partial charge in [0.05, 0.1) is 33.5 Å². The van der Waals surface area contributed by atoms with Crippen LogP contribution in [0.3, 0.4) is 0 Å². The molecule has 0 saturated carbocycles. The van der Waals surface area contributed by atoms with Crippen LogP contribution in [0.2, 0.25) is 0 Å². The number of nitrogens with zero attached hydrogens (tertiary/aromatic N) is 4. The summed E-state index contributed by atoms with van der Waals surface area (Å²) in [5.74, 6) is 0.731. The normalized spacial score (nSPS) is 12.7. The molecular weight excluding hydrogens is 753 g/mol. The highest BCUT2D eigenvalue weighted by molar-refractivity contribution is 6.16. The van der Waals surface area contributed by atoms with Crippen molar-refractivity contribution in [3.63, 3.8) is 0 Å². The van der Waals surface area contributed by atoms with Gasteiger partial charge in [0, 0.05) is 44.0 Å². The molecule has 0 radical (unpaired) electrons. The summed E-state index contributed by atoms with van der Waals surface area (Å²) in [6.45, 7) is 0. The first-order chi connectivity index (χ1) is 30.7. The van der Waals surface area contributed by atoms with Gasteiger partial charge in [-0.1, -0.05) is 158 Å². The molecule has 0 spiro atoms. The van der Waals surface area contributed by atoms with Gasteiger partial charge in [-0.15, -0.1) is 0 Å². The molecule has 8 aromatic carbocycles. The van der Waals surface area contributed by atoms with Crippen LogP contribution >= 0.6 is 0 Å². The molecule has 3 aromatic heterocycles. The molecule has 62 heavy (non-hydrogen) atoms. The Morgan fingerprint density at radius 2 is 1.00 bits per heavy atom. The van der Waals surface area contributed by atoms with E-state index in [4.69, 9.17) is 9.97 Å². The van der Waals surface area contributed by atoms with Crippen molar-refractivity contribution in [2.75, 3.05) is 0 Å². The average Bonchev–Trinajstić information content (AvgIpc) is 3.87. The minimum Gasteiger partial charge on any atom is -0.309 e. The summed E-state index contributed by atoms with van der Waals surface area (Å²) < 4.78 is 4.79. The molecule has 4 heteroatoms. The lowest BCUT2D eigenvalue weighted by Gasteiger charge is -2.13. The number of aromatic nitrogens is 4. The minimum absolute atomic E-state index is 0.731. The molecule has 12 rings (SSSR count). The van der Waals surface area contributed by atoms with E-state index in [2.05, 4.69) is 221 Å². The Morgan fingerprint density at radius 1 is 0.387 bits per heavy atom. The molecule has 1 aliphatic rings. The van der Waals surface area contributed by atoms with E-state index < -0.39 is 0 Å². The lowest BCUT2D eigenvalue weighted by atomic mass is 9.97. The fraction of sp³-hybridized carbons (Fsp3) is 0.0345. The quantitative estimate of drug-likeness (QED) is 0.161. The number of rotatable bonds is 7. The van der Waals surface area contributed by atoms with Crippen LogP contribution in [0.4, 0.5) is 0 Å². The molecule has 3 heterocycles. The van der Waals surface area contributed by atoms with Crippen LogP contribution in [0, 0.1) is 0 Å². The van der Waals surface area contributed by atoms with Gasteiger partial charge < -0.3 is 9.13 Å². The number of para-hydroxylation sites is 3. The molecule has 292 valence electrons. The average molecular weight is 793 g/mol. The second-order valence-electron chi connectivity index (χ2n) is 16.1. The Morgan fingerprint density at radius 3 is 1.81 bits per heavy atom. The highest BCUT2D eigenvalue weighted by Crippen LogP contribution is 2.41. The third-order valence-electron chi connectivity index (χ3n) is 12.4. The molecule has 0 atom stereocenters. The molecule has 0 bridgehead atoms. The number of fused-ring (bicyclic) bond motifs is 6. The zero-order valence-electron chi connectivity index (χ0n) is 34.0. The Hall–Kier alpha value is -8.08. The SMILES string of the molecule is C1=CCCC(c2cc(-c3ccccc3)nc(-c3cccc(-c4cccc5c4c4ccccc4n5-c4ccc(-c5ccc6c7ccccc7n(-c7ccccc7)c6c5)cc4)c3)n2)=C1. The fourth-order valence-electron chi connectivity index (χ4n) is 9.49. The summed E-state index contributed by atoms with van der Waals surface area (Å²) in [5.41, 5.74) is 16.9. The molecule has 0 aliphatic heterocycles. The predicted octanol–water partition coefficient (Wildman–Crippen LogP) is 15.1. The van der Waals surface area contributed by atoms with E-state index in [-0.39, 0.29) is 0 Å².